The van der Waals surface area contributed by atoms with Crippen molar-refractivity contribution in [2.75, 3.05) is 20.1 Å². The molecule has 0 radical (unpaired) electrons. The number of H-pyrrole nitrogens is 1. The highest BCUT2D eigenvalue weighted by Crippen LogP contribution is 2.26. The standard InChI is InChI=1S/C27H26N4O2/c1-18-22-7-3-4-8-23(22)29-25(18)27(33)31-15-14-30(2)26(32)24(31)16-19-9-11-20(12-10-19)21-6-5-13-28-17-21/h3-13,17,24,29H,14-16H2,1-2H3/t24-/m0/s1. The monoisotopic (exact) mass is 438 g/mol. The van der Waals surface area contributed by atoms with Gasteiger partial charge in [-0.2, -0.15) is 0 Å². The minimum atomic E-state index is -0.536. The molecule has 1 aliphatic rings. The Hall–Kier alpha value is -3.93. The highest BCUT2D eigenvalue weighted by molar-refractivity contribution is 6.03. The molecule has 0 saturated carbocycles. The summed E-state index contributed by atoms with van der Waals surface area (Å²) in [5.74, 6) is -0.151. The number of para-hydroxylation sites is 1. The second-order valence-corrected chi connectivity index (χ2v) is 8.59. The topological polar surface area (TPSA) is 69.3 Å². The number of hydrogen-bond acceptors (Lipinski definition) is 3. The molecule has 0 spiro atoms. The van der Waals surface area contributed by atoms with Crippen LogP contribution in [0.25, 0.3) is 22.0 Å². The van der Waals surface area contributed by atoms with Crippen molar-refractivity contribution < 1.29 is 9.59 Å². The van der Waals surface area contributed by atoms with Gasteiger partial charge in [0.25, 0.3) is 5.91 Å². The van der Waals surface area contributed by atoms with Crippen molar-refractivity contribution in [3.05, 3.63) is 89.9 Å². The molecule has 1 atom stereocenters. The first-order chi connectivity index (χ1) is 16.0. The van der Waals surface area contributed by atoms with Crippen LogP contribution < -0.4 is 0 Å². The quantitative estimate of drug-likeness (QED) is 0.522. The first kappa shape index (κ1) is 20.9. The second kappa shape index (κ2) is 8.54. The van der Waals surface area contributed by atoms with Crippen LogP contribution >= 0.6 is 0 Å². The van der Waals surface area contributed by atoms with Crippen molar-refractivity contribution in [1.82, 2.24) is 19.8 Å². The van der Waals surface area contributed by atoms with Gasteiger partial charge in [0.05, 0.1) is 0 Å². The number of carbonyl (C=O) groups excluding carboxylic acids is 2. The Bertz CT molecular complexity index is 1310. The Morgan fingerprint density at radius 2 is 1.82 bits per heavy atom. The maximum Gasteiger partial charge on any atom is 0.271 e. The van der Waals surface area contributed by atoms with Crippen molar-refractivity contribution in [2.45, 2.75) is 19.4 Å². The molecule has 5 rings (SSSR count). The van der Waals surface area contributed by atoms with E-state index in [1.807, 2.05) is 73.8 Å². The lowest BCUT2D eigenvalue weighted by atomic mass is 9.98. The normalized spacial score (nSPS) is 16.4. The van der Waals surface area contributed by atoms with Crippen LogP contribution in [0, 0.1) is 6.92 Å². The zero-order valence-corrected chi connectivity index (χ0v) is 18.8. The van der Waals surface area contributed by atoms with Crippen LogP contribution in [0.15, 0.2) is 73.1 Å². The summed E-state index contributed by atoms with van der Waals surface area (Å²) in [6.07, 6.45) is 4.06. The summed E-state index contributed by atoms with van der Waals surface area (Å²) >= 11 is 0. The van der Waals surface area contributed by atoms with Crippen molar-refractivity contribution in [3.63, 3.8) is 0 Å². The molecule has 2 aromatic carbocycles. The summed E-state index contributed by atoms with van der Waals surface area (Å²) < 4.78 is 0. The van der Waals surface area contributed by atoms with Crippen molar-refractivity contribution in [3.8, 4) is 11.1 Å². The lowest BCUT2D eigenvalue weighted by Crippen LogP contribution is -2.58. The van der Waals surface area contributed by atoms with Gasteiger partial charge >= 0.3 is 0 Å². The smallest absolute Gasteiger partial charge is 0.271 e. The van der Waals surface area contributed by atoms with E-state index in [-0.39, 0.29) is 11.8 Å². The molecule has 1 N–H and O–H groups in total. The van der Waals surface area contributed by atoms with Crippen LogP contribution in [0.4, 0.5) is 0 Å². The Morgan fingerprint density at radius 3 is 2.55 bits per heavy atom. The van der Waals surface area contributed by atoms with Gasteiger partial charge in [-0.15, -0.1) is 0 Å². The number of carbonyl (C=O) groups is 2. The molecule has 1 aliphatic heterocycles. The SMILES string of the molecule is Cc1c(C(=O)N2CCN(C)C(=O)[C@@H]2Cc2ccc(-c3cccnc3)cc2)[nH]c2ccccc12. The molecule has 0 unspecified atom stereocenters. The first-order valence-electron chi connectivity index (χ1n) is 11.2. The number of likely N-dealkylation sites (N-methyl/N-ethyl adjacent to an activating group) is 1. The lowest BCUT2D eigenvalue weighted by molar-refractivity contribution is -0.138. The van der Waals surface area contributed by atoms with Crippen LogP contribution in [0.5, 0.6) is 0 Å². The third-order valence-corrected chi connectivity index (χ3v) is 6.53. The maximum absolute atomic E-state index is 13.6. The molecule has 1 saturated heterocycles. The van der Waals surface area contributed by atoms with Gasteiger partial charge in [-0.05, 0) is 41.3 Å². The van der Waals surface area contributed by atoms with Crippen molar-refractivity contribution >= 4 is 22.7 Å². The van der Waals surface area contributed by atoms with Gasteiger partial charge in [0.1, 0.15) is 11.7 Å². The number of benzene rings is 2. The van der Waals surface area contributed by atoms with Gasteiger partial charge in [0, 0.05) is 49.9 Å². The molecule has 33 heavy (non-hydrogen) atoms. The van der Waals surface area contributed by atoms with Gasteiger partial charge < -0.3 is 14.8 Å². The fourth-order valence-corrected chi connectivity index (χ4v) is 4.58. The number of aromatic amines is 1. The Balaban J connectivity index is 1.43. The van der Waals surface area contributed by atoms with Gasteiger partial charge in [-0.1, -0.05) is 48.5 Å². The number of nitrogens with zero attached hydrogens (tertiary/aromatic N) is 3. The number of aryl methyl sites for hydroxylation is 1. The van der Waals surface area contributed by atoms with E-state index in [4.69, 9.17) is 0 Å². The molecule has 0 bridgehead atoms. The van der Waals surface area contributed by atoms with Gasteiger partial charge in [-0.3, -0.25) is 14.6 Å². The average molecular weight is 439 g/mol. The van der Waals surface area contributed by atoms with Crippen LogP contribution in [-0.4, -0.2) is 57.8 Å². The summed E-state index contributed by atoms with van der Waals surface area (Å²) in [5.41, 5.74) is 5.54. The molecule has 1 fully saturated rings. The fourth-order valence-electron chi connectivity index (χ4n) is 4.58. The van der Waals surface area contributed by atoms with Crippen molar-refractivity contribution in [1.29, 1.82) is 0 Å². The number of amides is 2. The molecule has 3 heterocycles. The predicted molar refractivity (Wildman–Crippen MR) is 129 cm³/mol. The van der Waals surface area contributed by atoms with Crippen molar-refractivity contribution in [2.24, 2.45) is 0 Å². The molecule has 2 aromatic heterocycles. The predicted octanol–water partition coefficient (Wildman–Crippen LogP) is 4.06. The summed E-state index contributed by atoms with van der Waals surface area (Å²) in [6, 6.07) is 19.4. The number of piperazine rings is 1. The number of rotatable bonds is 4. The number of aromatic nitrogens is 2. The van der Waals surface area contributed by atoms with E-state index in [9.17, 15) is 9.59 Å². The summed E-state index contributed by atoms with van der Waals surface area (Å²) in [6.45, 7) is 2.99. The minimum Gasteiger partial charge on any atom is -0.350 e. The largest absolute Gasteiger partial charge is 0.350 e. The second-order valence-electron chi connectivity index (χ2n) is 8.59. The number of nitrogens with one attached hydrogen (secondary N) is 1. The summed E-state index contributed by atoms with van der Waals surface area (Å²) in [5, 5.41) is 1.03. The Kier molecular flexibility index (Phi) is 5.42. The molecular weight excluding hydrogens is 412 g/mol. The van der Waals surface area contributed by atoms with Gasteiger partial charge in [0.15, 0.2) is 0 Å². The van der Waals surface area contributed by atoms with E-state index in [0.717, 1.165) is 33.2 Å². The Labute approximate surface area is 192 Å². The zero-order chi connectivity index (χ0) is 22.9. The fraction of sp³-hybridized carbons (Fsp3) is 0.222. The summed E-state index contributed by atoms with van der Waals surface area (Å²) in [7, 11) is 1.80. The molecular formula is C27H26N4O2. The van der Waals surface area contributed by atoms with E-state index >= 15 is 0 Å². The van der Waals surface area contributed by atoms with Gasteiger partial charge in [0.2, 0.25) is 5.91 Å². The maximum atomic E-state index is 13.6. The van der Waals surface area contributed by atoms with Crippen LogP contribution in [0.1, 0.15) is 21.6 Å². The number of pyridine rings is 1. The number of fused-ring (bicyclic) bond motifs is 1. The van der Waals surface area contributed by atoms with E-state index in [1.165, 1.54) is 0 Å². The molecule has 4 aromatic rings. The third-order valence-electron chi connectivity index (χ3n) is 6.53. The molecule has 0 aliphatic carbocycles. The van der Waals surface area contributed by atoms with Crippen LogP contribution in [0.2, 0.25) is 0 Å². The molecule has 166 valence electrons. The highest BCUT2D eigenvalue weighted by atomic mass is 16.2. The molecule has 6 nitrogen and oxygen atoms in total. The molecule has 2 amide bonds. The van der Waals surface area contributed by atoms with E-state index < -0.39 is 6.04 Å². The van der Waals surface area contributed by atoms with Crippen LogP contribution in [0.3, 0.4) is 0 Å². The lowest BCUT2D eigenvalue weighted by Gasteiger charge is -2.39. The van der Waals surface area contributed by atoms with E-state index in [0.29, 0.717) is 25.2 Å². The summed E-state index contributed by atoms with van der Waals surface area (Å²) in [4.78, 5) is 37.6. The van der Waals surface area contributed by atoms with E-state index in [1.54, 1.807) is 23.0 Å². The van der Waals surface area contributed by atoms with Gasteiger partial charge in [-0.25, -0.2) is 0 Å². The number of hydrogen-bond donors (Lipinski definition) is 1. The molecule has 6 heteroatoms. The minimum absolute atomic E-state index is 0.0281. The zero-order valence-electron chi connectivity index (χ0n) is 18.8. The third kappa shape index (κ3) is 3.89. The first-order valence-corrected chi connectivity index (χ1v) is 11.2. The highest BCUT2D eigenvalue weighted by Gasteiger charge is 2.37. The Morgan fingerprint density at radius 1 is 1.03 bits per heavy atom. The average Bonchev–Trinajstić information content (AvgIpc) is 3.19. The van der Waals surface area contributed by atoms with E-state index in [2.05, 4.69) is 9.97 Å². The van der Waals surface area contributed by atoms with Crippen LogP contribution in [-0.2, 0) is 11.2 Å².